The molecule has 0 N–H and O–H groups in total. The molecule has 0 aliphatic rings. The zero-order valence-electron chi connectivity index (χ0n) is 8.02. The van der Waals surface area contributed by atoms with Crippen molar-refractivity contribution >= 4 is 5.78 Å². The summed E-state index contributed by atoms with van der Waals surface area (Å²) in [6.07, 6.45) is -4.86. The summed E-state index contributed by atoms with van der Waals surface area (Å²) in [5.74, 6) is -1.99. The van der Waals surface area contributed by atoms with Crippen LogP contribution in [0.25, 0.3) is 0 Å². The number of ketones is 1. The van der Waals surface area contributed by atoms with Gasteiger partial charge in [0.15, 0.2) is 5.78 Å². The zero-order chi connectivity index (χ0) is 12.5. The minimum atomic E-state index is -4.86. The van der Waals surface area contributed by atoms with Gasteiger partial charge in [0.05, 0.1) is 11.1 Å². The second kappa shape index (κ2) is 3.93. The number of benzene rings is 1. The topological polar surface area (TPSA) is 40.9 Å². The number of halogens is 4. The molecule has 0 saturated heterocycles. The van der Waals surface area contributed by atoms with Crippen molar-refractivity contribution < 1.29 is 22.4 Å². The molecule has 16 heavy (non-hydrogen) atoms. The third-order valence-electron chi connectivity index (χ3n) is 1.90. The molecule has 0 aliphatic carbocycles. The first-order valence-electron chi connectivity index (χ1n) is 4.09. The molecule has 0 atom stereocenters. The predicted molar refractivity (Wildman–Crippen MR) is 46.1 cm³/mol. The molecule has 0 aliphatic heterocycles. The van der Waals surface area contributed by atoms with Crippen LogP contribution in [0.3, 0.4) is 0 Å². The van der Waals surface area contributed by atoms with Crippen molar-refractivity contribution in [1.82, 2.24) is 0 Å². The average Bonchev–Trinajstić information content (AvgIpc) is 2.14. The minimum Gasteiger partial charge on any atom is -0.294 e. The van der Waals surface area contributed by atoms with Gasteiger partial charge in [-0.15, -0.1) is 0 Å². The van der Waals surface area contributed by atoms with Crippen LogP contribution in [-0.2, 0) is 6.18 Å². The fourth-order valence-electron chi connectivity index (χ4n) is 1.23. The van der Waals surface area contributed by atoms with Crippen LogP contribution in [0.2, 0.25) is 0 Å². The van der Waals surface area contributed by atoms with Gasteiger partial charge in [-0.3, -0.25) is 4.79 Å². The Bertz CT molecular complexity index is 485. The lowest BCUT2D eigenvalue weighted by Crippen LogP contribution is -2.12. The SMILES string of the molecule is CC(=O)c1cc(F)cc(C(F)(F)F)c1C#N. The van der Waals surface area contributed by atoms with Crippen LogP contribution in [0.15, 0.2) is 12.1 Å². The number of rotatable bonds is 1. The molecule has 0 fully saturated rings. The smallest absolute Gasteiger partial charge is 0.294 e. The quantitative estimate of drug-likeness (QED) is 0.550. The van der Waals surface area contributed by atoms with E-state index in [0.29, 0.717) is 6.07 Å². The van der Waals surface area contributed by atoms with E-state index in [9.17, 15) is 22.4 Å². The summed E-state index contributed by atoms with van der Waals surface area (Å²) in [4.78, 5) is 11.0. The molecule has 1 rings (SSSR count). The van der Waals surface area contributed by atoms with E-state index in [1.165, 1.54) is 6.07 Å². The summed E-state index contributed by atoms with van der Waals surface area (Å²) in [7, 11) is 0. The Labute approximate surface area is 88.1 Å². The Morgan fingerprint density at radius 3 is 2.31 bits per heavy atom. The van der Waals surface area contributed by atoms with Gasteiger partial charge < -0.3 is 0 Å². The van der Waals surface area contributed by atoms with Gasteiger partial charge in [-0.05, 0) is 19.1 Å². The average molecular weight is 231 g/mol. The van der Waals surface area contributed by atoms with Crippen molar-refractivity contribution in [2.45, 2.75) is 13.1 Å². The van der Waals surface area contributed by atoms with Crippen molar-refractivity contribution in [2.24, 2.45) is 0 Å². The molecule has 1 aromatic carbocycles. The lowest BCUT2D eigenvalue weighted by molar-refractivity contribution is -0.138. The van der Waals surface area contributed by atoms with Crippen molar-refractivity contribution in [3.63, 3.8) is 0 Å². The Morgan fingerprint density at radius 2 is 1.94 bits per heavy atom. The fraction of sp³-hybridized carbons (Fsp3) is 0.200. The second-order valence-electron chi connectivity index (χ2n) is 3.04. The second-order valence-corrected chi connectivity index (χ2v) is 3.04. The first kappa shape index (κ1) is 12.2. The Hall–Kier alpha value is -1.90. The Balaban J connectivity index is 3.63. The number of hydrogen-bond donors (Lipinski definition) is 0. The van der Waals surface area contributed by atoms with Gasteiger partial charge in [-0.2, -0.15) is 18.4 Å². The van der Waals surface area contributed by atoms with E-state index < -0.39 is 34.5 Å². The molecule has 84 valence electrons. The third-order valence-corrected chi connectivity index (χ3v) is 1.90. The van der Waals surface area contributed by atoms with E-state index in [1.54, 1.807) is 0 Å². The van der Waals surface area contributed by atoms with Crippen LogP contribution in [0.1, 0.15) is 28.4 Å². The van der Waals surface area contributed by atoms with Crippen LogP contribution in [-0.4, -0.2) is 5.78 Å². The van der Waals surface area contributed by atoms with Gasteiger partial charge in [0, 0.05) is 5.56 Å². The van der Waals surface area contributed by atoms with E-state index in [0.717, 1.165) is 6.92 Å². The summed E-state index contributed by atoms with van der Waals surface area (Å²) in [6, 6.07) is 2.09. The maximum absolute atomic E-state index is 12.9. The highest BCUT2D eigenvalue weighted by Crippen LogP contribution is 2.33. The standard InChI is InChI=1S/C10H5F4NO/c1-5(16)7-2-6(11)3-9(8(7)4-15)10(12,13)14/h2-3H,1H3. The largest absolute Gasteiger partial charge is 0.417 e. The number of Topliss-reactive ketones (excluding diaryl/α,β-unsaturated/α-hetero) is 1. The molecule has 0 amide bonds. The molecule has 1 aromatic rings. The number of alkyl halides is 3. The molecule has 0 unspecified atom stereocenters. The van der Waals surface area contributed by atoms with Crippen LogP contribution in [0, 0.1) is 17.1 Å². The van der Waals surface area contributed by atoms with Crippen LogP contribution >= 0.6 is 0 Å². The lowest BCUT2D eigenvalue weighted by atomic mass is 9.99. The molecule has 2 nitrogen and oxygen atoms in total. The summed E-state index contributed by atoms with van der Waals surface area (Å²) in [5, 5.41) is 8.58. The number of hydrogen-bond acceptors (Lipinski definition) is 2. The number of carbonyl (C=O) groups excluding carboxylic acids is 1. The molecule has 0 radical (unpaired) electrons. The fourth-order valence-corrected chi connectivity index (χ4v) is 1.23. The number of nitriles is 1. The van der Waals surface area contributed by atoms with E-state index >= 15 is 0 Å². The molecule has 0 aromatic heterocycles. The van der Waals surface area contributed by atoms with E-state index in [-0.39, 0.29) is 6.07 Å². The zero-order valence-corrected chi connectivity index (χ0v) is 8.02. The Morgan fingerprint density at radius 1 is 1.38 bits per heavy atom. The van der Waals surface area contributed by atoms with Crippen LogP contribution < -0.4 is 0 Å². The predicted octanol–water partition coefficient (Wildman–Crippen LogP) is 2.92. The maximum Gasteiger partial charge on any atom is 0.417 e. The van der Waals surface area contributed by atoms with Crippen LogP contribution in [0.4, 0.5) is 17.6 Å². The number of carbonyl (C=O) groups is 1. The van der Waals surface area contributed by atoms with Gasteiger partial charge in [-0.1, -0.05) is 0 Å². The lowest BCUT2D eigenvalue weighted by Gasteiger charge is -2.11. The van der Waals surface area contributed by atoms with Crippen LogP contribution in [0.5, 0.6) is 0 Å². The van der Waals surface area contributed by atoms with E-state index in [2.05, 4.69) is 0 Å². The van der Waals surface area contributed by atoms with Gasteiger partial charge in [0.25, 0.3) is 0 Å². The summed E-state index contributed by atoms with van der Waals surface area (Å²) in [5.41, 5.74) is -2.84. The minimum absolute atomic E-state index is 0.199. The van der Waals surface area contributed by atoms with E-state index in [1.807, 2.05) is 0 Å². The highest BCUT2D eigenvalue weighted by Gasteiger charge is 2.35. The molecule has 0 spiro atoms. The monoisotopic (exact) mass is 231 g/mol. The molecule has 6 heteroatoms. The summed E-state index contributed by atoms with van der Waals surface area (Å²) >= 11 is 0. The molecule has 0 saturated carbocycles. The molecular weight excluding hydrogens is 226 g/mol. The van der Waals surface area contributed by atoms with Crippen molar-refractivity contribution in [3.05, 3.63) is 34.6 Å². The summed E-state index contributed by atoms with van der Waals surface area (Å²) < 4.78 is 50.2. The molecule has 0 heterocycles. The van der Waals surface area contributed by atoms with E-state index in [4.69, 9.17) is 5.26 Å². The van der Waals surface area contributed by atoms with Crippen molar-refractivity contribution in [3.8, 4) is 6.07 Å². The first-order valence-corrected chi connectivity index (χ1v) is 4.09. The molecule has 0 bridgehead atoms. The molecular formula is C10H5F4NO. The van der Waals surface area contributed by atoms with Gasteiger partial charge in [-0.25, -0.2) is 4.39 Å². The van der Waals surface area contributed by atoms with Gasteiger partial charge in [0.1, 0.15) is 11.9 Å². The first-order chi connectivity index (χ1) is 7.27. The normalized spacial score (nSPS) is 11.0. The maximum atomic E-state index is 12.9. The highest BCUT2D eigenvalue weighted by atomic mass is 19.4. The van der Waals surface area contributed by atoms with Gasteiger partial charge >= 0.3 is 6.18 Å². The third kappa shape index (κ3) is 2.19. The van der Waals surface area contributed by atoms with Crippen molar-refractivity contribution in [1.29, 1.82) is 5.26 Å². The van der Waals surface area contributed by atoms with Gasteiger partial charge in [0.2, 0.25) is 0 Å². The van der Waals surface area contributed by atoms with Crippen molar-refractivity contribution in [2.75, 3.05) is 0 Å². The Kier molecular flexibility index (Phi) is 2.99. The summed E-state index contributed by atoms with van der Waals surface area (Å²) in [6.45, 7) is 0.968. The highest BCUT2D eigenvalue weighted by molar-refractivity contribution is 5.97. The number of nitrogens with zero attached hydrogens (tertiary/aromatic N) is 1.